The molecule has 1 amide bonds. The summed E-state index contributed by atoms with van der Waals surface area (Å²) < 4.78 is 6.83. The zero-order chi connectivity index (χ0) is 17.7. The number of aryl methyl sites for hydroxylation is 1. The Morgan fingerprint density at radius 1 is 1.21 bits per heavy atom. The number of esters is 1. The monoisotopic (exact) mass is 329 g/mol. The zero-order valence-corrected chi connectivity index (χ0v) is 14.5. The number of aromatic nitrogens is 2. The molecule has 2 aromatic rings. The summed E-state index contributed by atoms with van der Waals surface area (Å²) in [5, 5.41) is 7.12. The molecule has 1 heterocycles. The minimum absolute atomic E-state index is 0.291. The Morgan fingerprint density at radius 2 is 1.88 bits per heavy atom. The molecule has 0 unspecified atom stereocenters. The van der Waals surface area contributed by atoms with Crippen LogP contribution in [0.5, 0.6) is 0 Å². The summed E-state index contributed by atoms with van der Waals surface area (Å²) in [5.74, 6) is -0.493. The Labute approximate surface area is 141 Å². The van der Waals surface area contributed by atoms with E-state index >= 15 is 0 Å². The highest BCUT2D eigenvalue weighted by atomic mass is 16.5. The quantitative estimate of drug-likeness (QED) is 0.826. The van der Waals surface area contributed by atoms with E-state index in [1.807, 2.05) is 51.1 Å². The van der Waals surface area contributed by atoms with E-state index in [1.165, 1.54) is 0 Å². The molecule has 24 heavy (non-hydrogen) atoms. The van der Waals surface area contributed by atoms with Gasteiger partial charge < -0.3 is 10.1 Å². The standard InChI is InChI=1S/C18H23N3O3/c1-12(2)10-19-16(22)11-24-18(23)17-13(3)20-21(14(17)4)15-8-6-5-7-9-15/h5-9,12H,10-11H2,1-4H3,(H,19,22). The topological polar surface area (TPSA) is 73.2 Å². The Bertz CT molecular complexity index is 721. The van der Waals surface area contributed by atoms with Crippen molar-refractivity contribution in [3.8, 4) is 5.69 Å². The Morgan fingerprint density at radius 3 is 2.50 bits per heavy atom. The summed E-state index contributed by atoms with van der Waals surface area (Å²) in [4.78, 5) is 24.0. The molecular formula is C18H23N3O3. The Hall–Kier alpha value is -2.63. The van der Waals surface area contributed by atoms with Crippen LogP contribution in [-0.2, 0) is 9.53 Å². The molecule has 0 aliphatic rings. The summed E-state index contributed by atoms with van der Waals surface area (Å²) >= 11 is 0. The van der Waals surface area contributed by atoms with E-state index in [9.17, 15) is 9.59 Å². The van der Waals surface area contributed by atoms with Crippen LogP contribution in [0.15, 0.2) is 30.3 Å². The molecule has 0 aliphatic carbocycles. The van der Waals surface area contributed by atoms with E-state index < -0.39 is 5.97 Å². The lowest BCUT2D eigenvalue weighted by Crippen LogP contribution is -2.31. The number of nitrogens with zero attached hydrogens (tertiary/aromatic N) is 2. The van der Waals surface area contributed by atoms with E-state index in [4.69, 9.17) is 4.74 Å². The van der Waals surface area contributed by atoms with E-state index in [-0.39, 0.29) is 12.5 Å². The van der Waals surface area contributed by atoms with Crippen LogP contribution in [-0.4, -0.2) is 34.8 Å². The first-order chi connectivity index (χ1) is 11.4. The first kappa shape index (κ1) is 17.7. The smallest absolute Gasteiger partial charge is 0.342 e. The van der Waals surface area contributed by atoms with Crippen molar-refractivity contribution in [3.05, 3.63) is 47.3 Å². The van der Waals surface area contributed by atoms with Crippen molar-refractivity contribution in [3.63, 3.8) is 0 Å². The second-order valence-corrected chi connectivity index (χ2v) is 6.07. The fraction of sp³-hybridized carbons (Fsp3) is 0.389. The summed E-state index contributed by atoms with van der Waals surface area (Å²) in [6.07, 6.45) is 0. The number of carbonyl (C=O) groups excluding carboxylic acids is 2. The number of rotatable bonds is 6. The second kappa shape index (κ2) is 7.77. The van der Waals surface area contributed by atoms with Crippen molar-refractivity contribution >= 4 is 11.9 Å². The van der Waals surface area contributed by atoms with Crippen molar-refractivity contribution in [2.75, 3.05) is 13.2 Å². The predicted molar refractivity (Wildman–Crippen MR) is 91.2 cm³/mol. The number of hydrogen-bond donors (Lipinski definition) is 1. The largest absolute Gasteiger partial charge is 0.452 e. The molecule has 0 spiro atoms. The van der Waals surface area contributed by atoms with Crippen molar-refractivity contribution in [1.29, 1.82) is 0 Å². The molecule has 0 saturated carbocycles. The molecule has 0 saturated heterocycles. The molecule has 6 heteroatoms. The number of hydrogen-bond acceptors (Lipinski definition) is 4. The molecule has 0 atom stereocenters. The van der Waals surface area contributed by atoms with Gasteiger partial charge >= 0.3 is 5.97 Å². The van der Waals surface area contributed by atoms with E-state index in [1.54, 1.807) is 11.6 Å². The van der Waals surface area contributed by atoms with Crippen LogP contribution in [0.2, 0.25) is 0 Å². The normalized spacial score (nSPS) is 10.7. The van der Waals surface area contributed by atoms with Gasteiger partial charge in [-0.3, -0.25) is 4.79 Å². The van der Waals surface area contributed by atoms with Gasteiger partial charge in [-0.1, -0.05) is 32.0 Å². The summed E-state index contributed by atoms with van der Waals surface area (Å²) in [7, 11) is 0. The maximum absolute atomic E-state index is 12.3. The lowest BCUT2D eigenvalue weighted by Gasteiger charge is -2.08. The minimum Gasteiger partial charge on any atom is -0.452 e. The summed E-state index contributed by atoms with van der Waals surface area (Å²) in [6.45, 7) is 7.82. The molecule has 1 aromatic carbocycles. The van der Waals surface area contributed by atoms with Crippen LogP contribution in [0, 0.1) is 19.8 Å². The average Bonchev–Trinajstić information content (AvgIpc) is 2.86. The summed E-state index contributed by atoms with van der Waals surface area (Å²) in [5.41, 5.74) is 2.53. The molecule has 0 fully saturated rings. The molecular weight excluding hydrogens is 306 g/mol. The fourth-order valence-electron chi connectivity index (χ4n) is 2.33. The van der Waals surface area contributed by atoms with Gasteiger partial charge in [0.05, 0.1) is 17.1 Å². The Balaban J connectivity index is 2.08. The van der Waals surface area contributed by atoms with Crippen LogP contribution in [0.25, 0.3) is 5.69 Å². The number of carbonyl (C=O) groups is 2. The lowest BCUT2D eigenvalue weighted by atomic mass is 10.2. The van der Waals surface area contributed by atoms with Crippen LogP contribution in [0.1, 0.15) is 35.6 Å². The lowest BCUT2D eigenvalue weighted by molar-refractivity contribution is -0.124. The van der Waals surface area contributed by atoms with Gasteiger partial charge in [0, 0.05) is 6.54 Å². The van der Waals surface area contributed by atoms with Crippen LogP contribution in [0.4, 0.5) is 0 Å². The molecule has 2 rings (SSSR count). The highest BCUT2D eigenvalue weighted by molar-refractivity contribution is 5.93. The number of benzene rings is 1. The molecule has 128 valence electrons. The fourth-order valence-corrected chi connectivity index (χ4v) is 2.33. The zero-order valence-electron chi connectivity index (χ0n) is 14.5. The van der Waals surface area contributed by atoms with Crippen molar-refractivity contribution in [1.82, 2.24) is 15.1 Å². The van der Waals surface area contributed by atoms with Crippen molar-refractivity contribution in [2.45, 2.75) is 27.7 Å². The van der Waals surface area contributed by atoms with Gasteiger partial charge in [-0.2, -0.15) is 5.10 Å². The van der Waals surface area contributed by atoms with E-state index in [0.29, 0.717) is 29.4 Å². The molecule has 0 bridgehead atoms. The highest BCUT2D eigenvalue weighted by Crippen LogP contribution is 2.18. The number of amides is 1. The maximum Gasteiger partial charge on any atom is 0.342 e. The third kappa shape index (κ3) is 4.22. The Kier molecular flexibility index (Phi) is 5.73. The van der Waals surface area contributed by atoms with Gasteiger partial charge in [-0.05, 0) is 31.9 Å². The number of ether oxygens (including phenoxy) is 1. The summed E-state index contributed by atoms with van der Waals surface area (Å²) in [6, 6.07) is 9.55. The maximum atomic E-state index is 12.3. The van der Waals surface area contributed by atoms with Gasteiger partial charge in [0.15, 0.2) is 6.61 Å². The van der Waals surface area contributed by atoms with Gasteiger partial charge in [-0.25, -0.2) is 9.48 Å². The minimum atomic E-state index is -0.535. The van der Waals surface area contributed by atoms with E-state index in [0.717, 1.165) is 5.69 Å². The first-order valence-electron chi connectivity index (χ1n) is 7.95. The van der Waals surface area contributed by atoms with Crippen LogP contribution < -0.4 is 5.32 Å². The van der Waals surface area contributed by atoms with Crippen LogP contribution >= 0.6 is 0 Å². The molecule has 0 radical (unpaired) electrons. The molecule has 0 aliphatic heterocycles. The van der Waals surface area contributed by atoms with Gasteiger partial charge in [0.25, 0.3) is 5.91 Å². The molecule has 1 aromatic heterocycles. The first-order valence-corrected chi connectivity index (χ1v) is 7.95. The third-order valence-electron chi connectivity index (χ3n) is 3.54. The highest BCUT2D eigenvalue weighted by Gasteiger charge is 2.21. The second-order valence-electron chi connectivity index (χ2n) is 6.07. The van der Waals surface area contributed by atoms with Crippen molar-refractivity contribution in [2.24, 2.45) is 5.92 Å². The number of nitrogens with one attached hydrogen (secondary N) is 1. The van der Waals surface area contributed by atoms with Gasteiger partial charge in [0.2, 0.25) is 0 Å². The van der Waals surface area contributed by atoms with Gasteiger partial charge in [-0.15, -0.1) is 0 Å². The predicted octanol–water partition coefficient (Wildman–Crippen LogP) is 2.42. The van der Waals surface area contributed by atoms with Gasteiger partial charge in [0.1, 0.15) is 5.56 Å². The van der Waals surface area contributed by atoms with Crippen LogP contribution in [0.3, 0.4) is 0 Å². The SMILES string of the molecule is Cc1nn(-c2ccccc2)c(C)c1C(=O)OCC(=O)NCC(C)C. The molecule has 1 N–H and O–H groups in total. The van der Waals surface area contributed by atoms with Crippen molar-refractivity contribution < 1.29 is 14.3 Å². The third-order valence-corrected chi connectivity index (χ3v) is 3.54. The molecule has 6 nitrogen and oxygen atoms in total. The average molecular weight is 329 g/mol. The van der Waals surface area contributed by atoms with E-state index in [2.05, 4.69) is 10.4 Å². The number of para-hydroxylation sites is 1.